The molecule has 0 aliphatic carbocycles. The number of carboxylic acid groups (broad SMARTS) is 1. The fourth-order valence-corrected chi connectivity index (χ4v) is 2.21. The highest BCUT2D eigenvalue weighted by Crippen LogP contribution is 2.21. The smallest absolute Gasteiger partial charge is 0.318 e. The number of halogens is 1. The second-order valence-corrected chi connectivity index (χ2v) is 5.27. The van der Waals surface area contributed by atoms with Crippen LogP contribution in [0.15, 0.2) is 18.2 Å². The second kappa shape index (κ2) is 5.67. The summed E-state index contributed by atoms with van der Waals surface area (Å²) in [6, 6.07) is 3.50. The molecule has 1 rings (SSSR count). The lowest BCUT2D eigenvalue weighted by molar-refractivity contribution is -0.387. The van der Waals surface area contributed by atoms with Crippen LogP contribution in [0.1, 0.15) is 12.5 Å². The van der Waals surface area contributed by atoms with Crippen LogP contribution >= 0.6 is 0 Å². The Balaban J connectivity index is 2.99. The Bertz CT molecular complexity index is 519. The molecule has 1 aromatic rings. The number of nitro benzene ring substituents is 1. The third-order valence-corrected chi connectivity index (χ3v) is 3.88. The van der Waals surface area contributed by atoms with Gasteiger partial charge in [0.25, 0.3) is 0 Å². The first-order chi connectivity index (χ1) is 8.34. The van der Waals surface area contributed by atoms with E-state index in [-0.39, 0.29) is 11.3 Å². The topological polar surface area (TPSA) is 97.5 Å². The van der Waals surface area contributed by atoms with Crippen molar-refractivity contribution in [3.05, 3.63) is 39.7 Å². The second-order valence-electron chi connectivity index (χ2n) is 3.51. The zero-order valence-electron chi connectivity index (χ0n) is 9.33. The van der Waals surface area contributed by atoms with Crippen LogP contribution < -0.4 is 0 Å². The summed E-state index contributed by atoms with van der Waals surface area (Å²) in [4.78, 5) is 20.2. The highest BCUT2D eigenvalue weighted by molar-refractivity contribution is 7.85. The van der Waals surface area contributed by atoms with E-state index in [0.29, 0.717) is 0 Å². The molecule has 0 fully saturated rings. The van der Waals surface area contributed by atoms with Gasteiger partial charge in [0.15, 0.2) is 0 Å². The van der Waals surface area contributed by atoms with Crippen LogP contribution in [0.2, 0.25) is 0 Å². The Morgan fingerprint density at radius 3 is 2.72 bits per heavy atom. The van der Waals surface area contributed by atoms with Crippen molar-refractivity contribution in [3.63, 3.8) is 0 Å². The highest BCUT2D eigenvalue weighted by atomic mass is 32.2. The molecule has 0 saturated carbocycles. The van der Waals surface area contributed by atoms with Crippen LogP contribution in [-0.4, -0.2) is 25.5 Å². The van der Waals surface area contributed by atoms with Gasteiger partial charge in [0, 0.05) is 22.4 Å². The van der Waals surface area contributed by atoms with Crippen molar-refractivity contribution in [2.24, 2.45) is 0 Å². The number of hydrogen-bond acceptors (Lipinski definition) is 4. The number of benzene rings is 1. The largest absolute Gasteiger partial charge is 0.480 e. The van der Waals surface area contributed by atoms with Gasteiger partial charge in [-0.1, -0.05) is 12.1 Å². The zero-order valence-corrected chi connectivity index (χ0v) is 10.1. The summed E-state index contributed by atoms with van der Waals surface area (Å²) in [5.41, 5.74) is -0.844. The van der Waals surface area contributed by atoms with Crippen LogP contribution in [0.5, 0.6) is 0 Å². The molecule has 18 heavy (non-hydrogen) atoms. The van der Waals surface area contributed by atoms with Crippen molar-refractivity contribution in [1.29, 1.82) is 0 Å². The molecule has 2 atom stereocenters. The van der Waals surface area contributed by atoms with Gasteiger partial charge in [-0.2, -0.15) is 4.39 Å². The number of nitrogens with zero attached hydrogens (tertiary/aromatic N) is 1. The Hall–Kier alpha value is -1.83. The molecular weight excluding hydrogens is 265 g/mol. The Morgan fingerprint density at radius 1 is 1.61 bits per heavy atom. The Kier molecular flexibility index (Phi) is 4.49. The van der Waals surface area contributed by atoms with Gasteiger partial charge in [0.05, 0.1) is 10.7 Å². The predicted octanol–water partition coefficient (Wildman–Crippen LogP) is 1.46. The number of nitro groups is 1. The molecule has 0 aliphatic rings. The first-order valence-electron chi connectivity index (χ1n) is 4.86. The summed E-state index contributed by atoms with van der Waals surface area (Å²) < 4.78 is 25.2. The van der Waals surface area contributed by atoms with Crippen molar-refractivity contribution in [1.82, 2.24) is 0 Å². The first kappa shape index (κ1) is 14.2. The molecule has 0 radical (unpaired) electrons. The van der Waals surface area contributed by atoms with E-state index in [1.54, 1.807) is 0 Å². The summed E-state index contributed by atoms with van der Waals surface area (Å²) in [6.45, 7) is 1.23. The standard InChI is InChI=1S/C10H10FNO5S/c1-6(10(13)14)18(17)5-7-3-2-4-8(9(7)11)12(15)16/h2-4,6H,5H2,1H3,(H,13,14). The number of aliphatic carboxylic acids is 1. The van der Waals surface area contributed by atoms with Gasteiger partial charge in [-0.05, 0) is 6.92 Å². The Labute approximate surface area is 104 Å². The SMILES string of the molecule is CC(C(=O)O)S(=O)Cc1cccc([N+](=O)[O-])c1F. The van der Waals surface area contributed by atoms with Crippen molar-refractivity contribution in [2.45, 2.75) is 17.9 Å². The fraction of sp³-hybridized carbons (Fsp3) is 0.300. The van der Waals surface area contributed by atoms with E-state index in [1.807, 2.05) is 0 Å². The molecule has 1 aromatic carbocycles. The lowest BCUT2D eigenvalue weighted by atomic mass is 10.2. The zero-order chi connectivity index (χ0) is 13.9. The van der Waals surface area contributed by atoms with Gasteiger partial charge in [-0.15, -0.1) is 0 Å². The van der Waals surface area contributed by atoms with Crippen molar-refractivity contribution >= 4 is 22.5 Å². The van der Waals surface area contributed by atoms with Gasteiger partial charge in [0.1, 0.15) is 5.25 Å². The van der Waals surface area contributed by atoms with Crippen LogP contribution in [0.3, 0.4) is 0 Å². The molecule has 0 heterocycles. The number of carboxylic acids is 1. The van der Waals surface area contributed by atoms with Crippen molar-refractivity contribution in [2.75, 3.05) is 0 Å². The maximum Gasteiger partial charge on any atom is 0.318 e. The molecule has 0 amide bonds. The minimum Gasteiger partial charge on any atom is -0.480 e. The minimum atomic E-state index is -1.84. The summed E-state index contributed by atoms with van der Waals surface area (Å²) >= 11 is 0. The molecule has 98 valence electrons. The van der Waals surface area contributed by atoms with Gasteiger partial charge < -0.3 is 5.11 Å². The molecule has 6 nitrogen and oxygen atoms in total. The highest BCUT2D eigenvalue weighted by Gasteiger charge is 2.23. The number of hydrogen-bond donors (Lipinski definition) is 1. The quantitative estimate of drug-likeness (QED) is 0.648. The fourth-order valence-electron chi connectivity index (χ4n) is 1.21. The monoisotopic (exact) mass is 275 g/mol. The average molecular weight is 275 g/mol. The van der Waals surface area contributed by atoms with Crippen molar-refractivity contribution < 1.29 is 23.4 Å². The predicted molar refractivity (Wildman–Crippen MR) is 62.0 cm³/mol. The molecule has 1 N–H and O–H groups in total. The molecular formula is C10H10FNO5S. The van der Waals surface area contributed by atoms with Gasteiger partial charge in [-0.25, -0.2) is 0 Å². The average Bonchev–Trinajstić information content (AvgIpc) is 2.30. The van der Waals surface area contributed by atoms with E-state index in [0.717, 1.165) is 6.07 Å². The molecule has 2 unspecified atom stereocenters. The maximum atomic E-state index is 13.6. The first-order valence-corrected chi connectivity index (χ1v) is 6.24. The van der Waals surface area contributed by atoms with E-state index < -0.39 is 38.4 Å². The lowest BCUT2D eigenvalue weighted by Gasteiger charge is -2.07. The number of carbonyl (C=O) groups is 1. The van der Waals surface area contributed by atoms with Gasteiger partial charge in [-0.3, -0.25) is 19.1 Å². The summed E-state index contributed by atoms with van der Waals surface area (Å²) in [7, 11) is -1.84. The lowest BCUT2D eigenvalue weighted by Crippen LogP contribution is -2.23. The van der Waals surface area contributed by atoms with Crippen LogP contribution in [-0.2, 0) is 21.3 Å². The molecule has 0 aliphatic heterocycles. The van der Waals surface area contributed by atoms with Crippen molar-refractivity contribution in [3.8, 4) is 0 Å². The van der Waals surface area contributed by atoms with E-state index in [9.17, 15) is 23.5 Å². The summed E-state index contributed by atoms with van der Waals surface area (Å²) in [5, 5.41) is 18.0. The van der Waals surface area contributed by atoms with E-state index >= 15 is 0 Å². The summed E-state index contributed by atoms with van der Waals surface area (Å²) in [5.74, 6) is -2.71. The third kappa shape index (κ3) is 3.10. The number of rotatable bonds is 5. The molecule has 0 saturated heterocycles. The maximum absolute atomic E-state index is 13.6. The Morgan fingerprint density at radius 2 is 2.22 bits per heavy atom. The minimum absolute atomic E-state index is 0.129. The van der Waals surface area contributed by atoms with Crippen LogP contribution in [0.25, 0.3) is 0 Å². The van der Waals surface area contributed by atoms with Gasteiger partial charge in [0.2, 0.25) is 5.82 Å². The molecule has 0 aromatic heterocycles. The van der Waals surface area contributed by atoms with Crippen LogP contribution in [0.4, 0.5) is 10.1 Å². The molecule has 8 heteroatoms. The normalized spacial score (nSPS) is 13.9. The third-order valence-electron chi connectivity index (χ3n) is 2.29. The molecule has 0 bridgehead atoms. The van der Waals surface area contributed by atoms with E-state index in [1.165, 1.54) is 19.1 Å². The van der Waals surface area contributed by atoms with E-state index in [4.69, 9.17) is 5.11 Å². The summed E-state index contributed by atoms with van der Waals surface area (Å²) in [6.07, 6.45) is 0. The van der Waals surface area contributed by atoms with Crippen LogP contribution in [0, 0.1) is 15.9 Å². The molecule has 0 spiro atoms. The van der Waals surface area contributed by atoms with E-state index in [2.05, 4.69) is 0 Å². The van der Waals surface area contributed by atoms with Gasteiger partial charge >= 0.3 is 11.7 Å².